The van der Waals surface area contributed by atoms with Gasteiger partial charge in [-0.2, -0.15) is 0 Å². The number of halogens is 1. The number of hydrogen-bond acceptors (Lipinski definition) is 3. The van der Waals surface area contributed by atoms with Crippen molar-refractivity contribution >= 4 is 33.9 Å². The van der Waals surface area contributed by atoms with E-state index in [4.69, 9.17) is 16.0 Å². The summed E-state index contributed by atoms with van der Waals surface area (Å²) in [6.45, 7) is 3.86. The smallest absolute Gasteiger partial charge is 0.200 e. The zero-order valence-corrected chi connectivity index (χ0v) is 15.8. The van der Waals surface area contributed by atoms with E-state index in [0.29, 0.717) is 27.3 Å². The fraction of sp³-hybridized carbons (Fsp3) is 0.0870. The Morgan fingerprint density at radius 1 is 0.852 bits per heavy atom. The topological polar surface area (TPSA) is 42.2 Å². The molecule has 0 spiro atoms. The van der Waals surface area contributed by atoms with Gasteiger partial charge in [0.2, 0.25) is 5.43 Å². The molecule has 27 heavy (non-hydrogen) atoms. The molecule has 0 saturated carbocycles. The number of aryl methyl sites for hydroxylation is 2. The Bertz CT molecular complexity index is 1180. The van der Waals surface area contributed by atoms with E-state index in [0.717, 1.165) is 16.9 Å². The molecule has 1 heterocycles. The molecule has 0 atom stereocenters. The first-order chi connectivity index (χ1) is 13.0. The fourth-order valence-electron chi connectivity index (χ4n) is 3.14. The highest BCUT2D eigenvalue weighted by Crippen LogP contribution is 2.27. The summed E-state index contributed by atoms with van der Waals surface area (Å²) in [6.07, 6.45) is 0. The molecule has 4 heteroatoms. The number of nitrogens with one attached hydrogen (secondary N) is 1. The van der Waals surface area contributed by atoms with Crippen molar-refractivity contribution < 1.29 is 4.42 Å². The third kappa shape index (κ3) is 3.46. The van der Waals surface area contributed by atoms with Crippen molar-refractivity contribution in [3.63, 3.8) is 0 Å². The molecule has 0 aliphatic heterocycles. The second-order valence-corrected chi connectivity index (χ2v) is 7.01. The molecule has 3 nitrogen and oxygen atoms in total. The van der Waals surface area contributed by atoms with Gasteiger partial charge in [0.05, 0.1) is 10.9 Å². The van der Waals surface area contributed by atoms with E-state index in [1.54, 1.807) is 18.2 Å². The maximum atomic E-state index is 13.0. The Kier molecular flexibility index (Phi) is 4.46. The van der Waals surface area contributed by atoms with Crippen LogP contribution in [0.25, 0.3) is 22.1 Å². The number of hydrogen-bond donors (Lipinski definition) is 1. The lowest BCUT2D eigenvalue weighted by Gasteiger charge is -2.10. The van der Waals surface area contributed by atoms with Gasteiger partial charge in [-0.1, -0.05) is 41.4 Å². The van der Waals surface area contributed by atoms with Gasteiger partial charge in [-0.05, 0) is 55.8 Å². The molecule has 1 aromatic heterocycles. The van der Waals surface area contributed by atoms with Crippen LogP contribution < -0.4 is 10.7 Å². The van der Waals surface area contributed by atoms with Crippen LogP contribution in [0, 0.1) is 13.8 Å². The molecule has 0 aliphatic rings. The van der Waals surface area contributed by atoms with Gasteiger partial charge >= 0.3 is 0 Å². The van der Waals surface area contributed by atoms with Crippen molar-refractivity contribution in [1.82, 2.24) is 0 Å². The van der Waals surface area contributed by atoms with Gasteiger partial charge in [-0.15, -0.1) is 0 Å². The van der Waals surface area contributed by atoms with Crippen molar-refractivity contribution in [2.75, 3.05) is 5.32 Å². The Morgan fingerprint density at radius 2 is 1.52 bits per heavy atom. The molecule has 0 bridgehead atoms. The van der Waals surface area contributed by atoms with Crippen LogP contribution in [-0.4, -0.2) is 0 Å². The Labute approximate surface area is 162 Å². The quantitative estimate of drug-likeness (QED) is 0.446. The molecule has 3 aromatic carbocycles. The number of rotatable bonds is 3. The van der Waals surface area contributed by atoms with Crippen LogP contribution in [0.3, 0.4) is 0 Å². The first kappa shape index (κ1) is 17.4. The van der Waals surface area contributed by atoms with Gasteiger partial charge in [0, 0.05) is 22.5 Å². The van der Waals surface area contributed by atoms with Crippen LogP contribution in [0.4, 0.5) is 11.4 Å². The summed E-state index contributed by atoms with van der Waals surface area (Å²) < 4.78 is 5.98. The zero-order chi connectivity index (χ0) is 19.0. The predicted molar refractivity (Wildman–Crippen MR) is 112 cm³/mol. The van der Waals surface area contributed by atoms with E-state index in [2.05, 4.69) is 12.2 Å². The fourth-order valence-corrected chi connectivity index (χ4v) is 3.26. The lowest BCUT2D eigenvalue weighted by molar-refractivity contribution is 0.567. The van der Waals surface area contributed by atoms with Gasteiger partial charge in [0.15, 0.2) is 0 Å². The van der Waals surface area contributed by atoms with Crippen molar-refractivity contribution in [3.8, 4) is 11.1 Å². The number of anilines is 2. The average molecular weight is 376 g/mol. The summed E-state index contributed by atoms with van der Waals surface area (Å²) in [4.78, 5) is 13.0. The highest BCUT2D eigenvalue weighted by Gasteiger charge is 2.14. The summed E-state index contributed by atoms with van der Waals surface area (Å²) in [6, 6.07) is 20.9. The van der Waals surface area contributed by atoms with Gasteiger partial charge < -0.3 is 9.73 Å². The van der Waals surface area contributed by atoms with Crippen LogP contribution in [-0.2, 0) is 0 Å². The van der Waals surface area contributed by atoms with E-state index < -0.39 is 0 Å². The van der Waals surface area contributed by atoms with E-state index in [1.165, 1.54) is 5.56 Å². The summed E-state index contributed by atoms with van der Waals surface area (Å²) in [5.41, 5.74) is 4.94. The molecule has 4 rings (SSSR count). The second kappa shape index (κ2) is 6.93. The van der Waals surface area contributed by atoms with Crippen LogP contribution in [0.1, 0.15) is 11.3 Å². The molecule has 0 aliphatic carbocycles. The zero-order valence-electron chi connectivity index (χ0n) is 15.0. The standard InChI is InChI=1S/C23H18ClNO2/c1-14-3-9-18(10-4-14)25-19-11-12-20-21(13-19)27-15(2)22(23(20)26)16-5-7-17(24)8-6-16/h3-13,25H,1-2H3. The van der Waals surface area contributed by atoms with Gasteiger partial charge in [0.1, 0.15) is 11.3 Å². The van der Waals surface area contributed by atoms with E-state index >= 15 is 0 Å². The molecule has 134 valence electrons. The lowest BCUT2D eigenvalue weighted by Crippen LogP contribution is -2.07. The number of benzene rings is 3. The third-order valence-corrected chi connectivity index (χ3v) is 4.79. The van der Waals surface area contributed by atoms with E-state index in [-0.39, 0.29) is 5.43 Å². The highest BCUT2D eigenvalue weighted by atomic mass is 35.5. The lowest BCUT2D eigenvalue weighted by atomic mass is 10.0. The average Bonchev–Trinajstić information content (AvgIpc) is 2.65. The molecule has 1 N–H and O–H groups in total. The minimum Gasteiger partial charge on any atom is -0.460 e. The summed E-state index contributed by atoms with van der Waals surface area (Å²) in [5, 5.41) is 4.53. The van der Waals surface area contributed by atoms with Crippen molar-refractivity contribution in [1.29, 1.82) is 0 Å². The minimum absolute atomic E-state index is 0.0436. The molecule has 0 saturated heterocycles. The van der Waals surface area contributed by atoms with Crippen molar-refractivity contribution in [2.24, 2.45) is 0 Å². The molecule has 0 fully saturated rings. The summed E-state index contributed by atoms with van der Waals surface area (Å²) >= 11 is 5.96. The molecule has 0 radical (unpaired) electrons. The Hall–Kier alpha value is -3.04. The van der Waals surface area contributed by atoms with Crippen molar-refractivity contribution in [3.05, 3.63) is 93.3 Å². The van der Waals surface area contributed by atoms with Gasteiger partial charge in [0.25, 0.3) is 0 Å². The Morgan fingerprint density at radius 3 is 2.22 bits per heavy atom. The van der Waals surface area contributed by atoms with Crippen LogP contribution in [0.15, 0.2) is 75.9 Å². The monoisotopic (exact) mass is 375 g/mol. The third-order valence-electron chi connectivity index (χ3n) is 4.54. The SMILES string of the molecule is Cc1ccc(Nc2ccc3c(=O)c(-c4ccc(Cl)cc4)c(C)oc3c2)cc1. The largest absolute Gasteiger partial charge is 0.460 e. The van der Waals surface area contributed by atoms with Gasteiger partial charge in [-0.25, -0.2) is 0 Å². The summed E-state index contributed by atoms with van der Waals surface area (Å²) in [5.74, 6) is 0.585. The van der Waals surface area contributed by atoms with E-state index in [9.17, 15) is 4.79 Å². The maximum Gasteiger partial charge on any atom is 0.200 e. The number of fused-ring (bicyclic) bond motifs is 1. The molecular weight excluding hydrogens is 358 g/mol. The summed E-state index contributed by atoms with van der Waals surface area (Å²) in [7, 11) is 0. The molecule has 0 amide bonds. The Balaban J connectivity index is 1.77. The normalized spacial score (nSPS) is 10.9. The molecule has 0 unspecified atom stereocenters. The first-order valence-electron chi connectivity index (χ1n) is 8.68. The minimum atomic E-state index is -0.0436. The van der Waals surface area contributed by atoms with E-state index in [1.807, 2.05) is 55.5 Å². The van der Waals surface area contributed by atoms with Crippen LogP contribution in [0.5, 0.6) is 0 Å². The molecule has 4 aromatic rings. The van der Waals surface area contributed by atoms with Crippen LogP contribution >= 0.6 is 11.6 Å². The second-order valence-electron chi connectivity index (χ2n) is 6.57. The van der Waals surface area contributed by atoms with Crippen LogP contribution in [0.2, 0.25) is 5.02 Å². The predicted octanol–water partition coefficient (Wildman–Crippen LogP) is 6.47. The maximum absolute atomic E-state index is 13.0. The highest BCUT2D eigenvalue weighted by molar-refractivity contribution is 6.30. The van der Waals surface area contributed by atoms with Gasteiger partial charge in [-0.3, -0.25) is 4.79 Å². The van der Waals surface area contributed by atoms with Crippen molar-refractivity contribution in [2.45, 2.75) is 13.8 Å². The molecular formula is C23H18ClNO2. The first-order valence-corrected chi connectivity index (χ1v) is 9.06.